The van der Waals surface area contributed by atoms with Crippen LogP contribution in [0.5, 0.6) is 5.75 Å². The van der Waals surface area contributed by atoms with Crippen molar-refractivity contribution >= 4 is 17.3 Å². The van der Waals surface area contributed by atoms with E-state index in [1.165, 1.54) is 13.2 Å². The van der Waals surface area contributed by atoms with Crippen LogP contribution in [0.4, 0.5) is 10.1 Å². The summed E-state index contributed by atoms with van der Waals surface area (Å²) in [7, 11) is 1.44. The third kappa shape index (κ3) is 4.38. The zero-order chi connectivity index (χ0) is 20.4. The van der Waals surface area contributed by atoms with Gasteiger partial charge in [0.25, 0.3) is 0 Å². The van der Waals surface area contributed by atoms with Crippen LogP contribution in [0.1, 0.15) is 11.5 Å². The molecule has 1 fully saturated rings. The van der Waals surface area contributed by atoms with Crippen molar-refractivity contribution in [1.29, 1.82) is 0 Å². The van der Waals surface area contributed by atoms with Crippen molar-refractivity contribution in [3.8, 4) is 17.2 Å². The Morgan fingerprint density at radius 3 is 2.66 bits per heavy atom. The van der Waals surface area contributed by atoms with E-state index in [0.717, 1.165) is 54.9 Å². The van der Waals surface area contributed by atoms with Gasteiger partial charge < -0.3 is 14.1 Å². The van der Waals surface area contributed by atoms with E-state index >= 15 is 0 Å². The number of aromatic nitrogens is 1. The van der Waals surface area contributed by atoms with Crippen LogP contribution in [0, 0.1) is 12.7 Å². The van der Waals surface area contributed by atoms with Crippen molar-refractivity contribution in [2.75, 3.05) is 38.2 Å². The third-order valence-corrected chi connectivity index (χ3v) is 5.44. The highest BCUT2D eigenvalue weighted by Gasteiger charge is 2.21. The molecule has 0 aliphatic carbocycles. The Kier molecular flexibility index (Phi) is 5.74. The lowest BCUT2D eigenvalue weighted by Crippen LogP contribution is -2.46. The fourth-order valence-electron chi connectivity index (χ4n) is 3.54. The first-order valence-corrected chi connectivity index (χ1v) is 9.94. The molecule has 29 heavy (non-hydrogen) atoms. The molecule has 3 aromatic rings. The average Bonchev–Trinajstić information content (AvgIpc) is 3.09. The first kappa shape index (κ1) is 19.7. The topological polar surface area (TPSA) is 41.7 Å². The SMILES string of the molecule is COc1cc(-c2nc(CN3CCN(c4cccc(Cl)c4)CC3)c(C)o2)ccc1F. The van der Waals surface area contributed by atoms with Gasteiger partial charge in [-0.25, -0.2) is 9.37 Å². The van der Waals surface area contributed by atoms with Gasteiger partial charge in [0, 0.05) is 49.0 Å². The van der Waals surface area contributed by atoms with Crippen LogP contribution < -0.4 is 9.64 Å². The highest BCUT2D eigenvalue weighted by molar-refractivity contribution is 6.30. The van der Waals surface area contributed by atoms with Crippen LogP contribution in [0.15, 0.2) is 46.9 Å². The minimum absolute atomic E-state index is 0.178. The normalized spacial score (nSPS) is 15.0. The number of ether oxygens (including phenoxy) is 1. The maximum absolute atomic E-state index is 13.7. The second kappa shape index (κ2) is 8.43. The number of piperazine rings is 1. The molecule has 0 radical (unpaired) electrons. The molecular formula is C22H23ClFN3O2. The van der Waals surface area contributed by atoms with E-state index in [9.17, 15) is 4.39 Å². The number of halogens is 2. The number of rotatable bonds is 5. The Morgan fingerprint density at radius 1 is 1.14 bits per heavy atom. The molecule has 1 saturated heterocycles. The molecule has 5 nitrogen and oxygen atoms in total. The lowest BCUT2D eigenvalue weighted by molar-refractivity contribution is 0.246. The summed E-state index contributed by atoms with van der Waals surface area (Å²) >= 11 is 6.11. The highest BCUT2D eigenvalue weighted by atomic mass is 35.5. The summed E-state index contributed by atoms with van der Waals surface area (Å²) in [6.07, 6.45) is 0. The van der Waals surface area contributed by atoms with Crippen molar-refractivity contribution in [2.45, 2.75) is 13.5 Å². The van der Waals surface area contributed by atoms with Crippen molar-refractivity contribution in [3.05, 3.63) is 64.8 Å². The fourth-order valence-corrected chi connectivity index (χ4v) is 3.72. The number of hydrogen-bond donors (Lipinski definition) is 0. The van der Waals surface area contributed by atoms with Crippen molar-refractivity contribution in [1.82, 2.24) is 9.88 Å². The van der Waals surface area contributed by atoms with Crippen LogP contribution in [0.25, 0.3) is 11.5 Å². The van der Waals surface area contributed by atoms with Gasteiger partial charge in [-0.15, -0.1) is 0 Å². The summed E-state index contributed by atoms with van der Waals surface area (Å²) < 4.78 is 24.6. The molecule has 0 amide bonds. The molecule has 0 saturated carbocycles. The van der Waals surface area contributed by atoms with Crippen LogP contribution in [0.2, 0.25) is 5.02 Å². The Morgan fingerprint density at radius 2 is 1.93 bits per heavy atom. The lowest BCUT2D eigenvalue weighted by atomic mass is 10.2. The van der Waals surface area contributed by atoms with Crippen molar-refractivity contribution in [3.63, 3.8) is 0 Å². The van der Waals surface area contributed by atoms with Crippen LogP contribution >= 0.6 is 11.6 Å². The Balaban J connectivity index is 1.42. The first-order valence-electron chi connectivity index (χ1n) is 9.56. The lowest BCUT2D eigenvalue weighted by Gasteiger charge is -2.35. The maximum Gasteiger partial charge on any atom is 0.226 e. The average molecular weight is 416 g/mol. The van der Waals surface area contributed by atoms with E-state index in [-0.39, 0.29) is 5.75 Å². The molecule has 0 atom stereocenters. The second-order valence-corrected chi connectivity index (χ2v) is 7.55. The van der Waals surface area contributed by atoms with Crippen LogP contribution in [0.3, 0.4) is 0 Å². The minimum atomic E-state index is -0.405. The fraction of sp³-hybridized carbons (Fsp3) is 0.318. The predicted molar refractivity (Wildman–Crippen MR) is 112 cm³/mol. The first-order chi connectivity index (χ1) is 14.0. The van der Waals surface area contributed by atoms with Gasteiger partial charge in [0.2, 0.25) is 5.89 Å². The van der Waals surface area contributed by atoms with Gasteiger partial charge in [0.05, 0.1) is 12.8 Å². The Labute approximate surface area is 174 Å². The molecule has 4 rings (SSSR count). The van der Waals surface area contributed by atoms with Gasteiger partial charge in [-0.1, -0.05) is 17.7 Å². The second-order valence-electron chi connectivity index (χ2n) is 7.11. The van der Waals surface area contributed by atoms with Crippen molar-refractivity contribution < 1.29 is 13.5 Å². The predicted octanol–water partition coefficient (Wildman–Crippen LogP) is 4.77. The quantitative estimate of drug-likeness (QED) is 0.600. The summed E-state index contributed by atoms with van der Waals surface area (Å²) in [5.41, 5.74) is 2.75. The Hall–Kier alpha value is -2.57. The maximum atomic E-state index is 13.7. The van der Waals surface area contributed by atoms with E-state index in [1.54, 1.807) is 12.1 Å². The standard InChI is InChI=1S/C22H23ClFN3O2/c1-15-20(25-22(29-15)16-6-7-19(24)21(12-16)28-2)14-26-8-10-27(11-9-26)18-5-3-4-17(23)13-18/h3-7,12-13H,8-11,14H2,1-2H3. The minimum Gasteiger partial charge on any atom is -0.494 e. The monoisotopic (exact) mass is 415 g/mol. The number of methoxy groups -OCH3 is 1. The van der Waals surface area contributed by atoms with Crippen LogP contribution in [-0.2, 0) is 6.54 Å². The smallest absolute Gasteiger partial charge is 0.226 e. The molecule has 0 N–H and O–H groups in total. The van der Waals surface area contributed by atoms with Gasteiger partial charge in [-0.3, -0.25) is 4.90 Å². The summed E-state index contributed by atoms with van der Waals surface area (Å²) in [5.74, 6) is 1.03. The third-order valence-electron chi connectivity index (χ3n) is 5.21. The Bertz CT molecular complexity index is 999. The summed E-state index contributed by atoms with van der Waals surface area (Å²) in [5, 5.41) is 0.758. The van der Waals surface area contributed by atoms with E-state index in [1.807, 2.05) is 25.1 Å². The van der Waals surface area contributed by atoms with Gasteiger partial charge in [-0.05, 0) is 43.3 Å². The number of hydrogen-bond acceptors (Lipinski definition) is 5. The van der Waals surface area contributed by atoms with E-state index in [4.69, 9.17) is 20.8 Å². The van der Waals surface area contributed by atoms with E-state index in [0.29, 0.717) is 11.5 Å². The molecule has 0 spiro atoms. The number of benzene rings is 2. The van der Waals surface area contributed by atoms with Crippen molar-refractivity contribution in [2.24, 2.45) is 0 Å². The zero-order valence-corrected chi connectivity index (χ0v) is 17.2. The molecule has 0 unspecified atom stereocenters. The van der Waals surface area contributed by atoms with Gasteiger partial charge >= 0.3 is 0 Å². The molecule has 1 aromatic heterocycles. The summed E-state index contributed by atoms with van der Waals surface area (Å²) in [4.78, 5) is 9.35. The number of oxazole rings is 1. The van der Waals surface area contributed by atoms with Crippen LogP contribution in [-0.4, -0.2) is 43.2 Å². The number of nitrogens with zero attached hydrogens (tertiary/aromatic N) is 3. The molecule has 2 heterocycles. The number of aryl methyl sites for hydroxylation is 1. The van der Waals surface area contributed by atoms with Gasteiger partial charge in [0.1, 0.15) is 5.76 Å². The van der Waals surface area contributed by atoms with E-state index in [2.05, 4.69) is 20.9 Å². The zero-order valence-electron chi connectivity index (χ0n) is 16.5. The molecule has 7 heteroatoms. The largest absolute Gasteiger partial charge is 0.494 e. The summed E-state index contributed by atoms with van der Waals surface area (Å²) in [6.45, 7) is 6.35. The molecule has 1 aliphatic heterocycles. The molecular weight excluding hydrogens is 393 g/mol. The summed E-state index contributed by atoms with van der Waals surface area (Å²) in [6, 6.07) is 12.6. The molecule has 2 aromatic carbocycles. The van der Waals surface area contributed by atoms with E-state index < -0.39 is 5.82 Å². The molecule has 152 valence electrons. The number of anilines is 1. The van der Waals surface area contributed by atoms with Gasteiger partial charge in [0.15, 0.2) is 11.6 Å². The molecule has 1 aliphatic rings. The highest BCUT2D eigenvalue weighted by Crippen LogP contribution is 2.28. The molecule has 0 bridgehead atoms. The van der Waals surface area contributed by atoms with Gasteiger partial charge in [-0.2, -0.15) is 0 Å².